The Morgan fingerprint density at radius 3 is 2.46 bits per heavy atom. The van der Waals surface area contributed by atoms with E-state index in [9.17, 15) is 23.1 Å². The number of aliphatic hydroxyl groups excluding tert-OH is 1. The van der Waals surface area contributed by atoms with Crippen LogP contribution in [0.15, 0.2) is 54.6 Å². The number of rotatable bonds is 3. The van der Waals surface area contributed by atoms with Gasteiger partial charge < -0.3 is 9.84 Å². The van der Waals surface area contributed by atoms with E-state index in [0.29, 0.717) is 0 Å². The van der Waals surface area contributed by atoms with Crippen LogP contribution in [0.1, 0.15) is 29.2 Å². The minimum Gasteiger partial charge on any atom is -0.445 e. The Kier molecular flexibility index (Phi) is 5.18. The van der Waals surface area contributed by atoms with E-state index in [4.69, 9.17) is 4.74 Å². The third kappa shape index (κ3) is 3.99. The second-order valence-electron chi connectivity index (χ2n) is 6.18. The third-order valence-electron chi connectivity index (χ3n) is 4.34. The van der Waals surface area contributed by atoms with Crippen LogP contribution >= 0.6 is 0 Å². The molecule has 2 aromatic carbocycles. The highest BCUT2D eigenvalue weighted by Gasteiger charge is 2.41. The number of carbonyl (C=O) groups is 1. The van der Waals surface area contributed by atoms with Crippen molar-refractivity contribution in [3.8, 4) is 0 Å². The Balaban J connectivity index is 1.80. The second-order valence-corrected chi connectivity index (χ2v) is 6.18. The fourth-order valence-corrected chi connectivity index (χ4v) is 3.16. The van der Waals surface area contributed by atoms with Gasteiger partial charge in [-0.25, -0.2) is 4.79 Å². The van der Waals surface area contributed by atoms with Gasteiger partial charge in [-0.15, -0.1) is 0 Å². The molecule has 0 bridgehead atoms. The van der Waals surface area contributed by atoms with E-state index in [0.717, 1.165) is 16.5 Å². The van der Waals surface area contributed by atoms with Crippen LogP contribution in [0.4, 0.5) is 18.0 Å². The molecule has 1 N–H and O–H groups in total. The highest BCUT2D eigenvalue weighted by atomic mass is 19.4. The molecule has 0 aliphatic carbocycles. The van der Waals surface area contributed by atoms with Gasteiger partial charge >= 0.3 is 12.3 Å². The molecule has 1 fully saturated rings. The molecule has 0 saturated carbocycles. The molecule has 1 aliphatic heterocycles. The van der Waals surface area contributed by atoms with E-state index in [2.05, 4.69) is 0 Å². The zero-order valence-electron chi connectivity index (χ0n) is 13.8. The third-order valence-corrected chi connectivity index (χ3v) is 4.34. The summed E-state index contributed by atoms with van der Waals surface area (Å²) in [5.74, 6) is 0. The van der Waals surface area contributed by atoms with Crippen LogP contribution in [0.3, 0.4) is 0 Å². The molecule has 138 valence electrons. The fraction of sp³-hybridized carbons (Fsp3) is 0.316. The van der Waals surface area contributed by atoms with E-state index < -0.39 is 30.0 Å². The zero-order chi connectivity index (χ0) is 18.7. The lowest BCUT2D eigenvalue weighted by molar-refractivity contribution is -0.138. The van der Waals surface area contributed by atoms with Crippen molar-refractivity contribution in [2.75, 3.05) is 6.54 Å². The highest BCUT2D eigenvalue weighted by Crippen LogP contribution is 2.40. The molecule has 1 amide bonds. The topological polar surface area (TPSA) is 49.8 Å². The van der Waals surface area contributed by atoms with Crippen LogP contribution in [-0.2, 0) is 17.5 Å². The molecule has 1 aliphatic rings. The molecule has 7 heteroatoms. The molecular weight excluding hydrogens is 347 g/mol. The van der Waals surface area contributed by atoms with Gasteiger partial charge in [0.25, 0.3) is 0 Å². The van der Waals surface area contributed by atoms with Crippen molar-refractivity contribution < 1.29 is 27.8 Å². The van der Waals surface area contributed by atoms with Gasteiger partial charge in [0.1, 0.15) is 6.61 Å². The van der Waals surface area contributed by atoms with Crippen molar-refractivity contribution in [1.82, 2.24) is 4.90 Å². The Labute approximate surface area is 148 Å². The smallest absolute Gasteiger partial charge is 0.416 e. The van der Waals surface area contributed by atoms with Crippen LogP contribution < -0.4 is 0 Å². The van der Waals surface area contributed by atoms with E-state index in [1.807, 2.05) is 6.07 Å². The molecule has 2 unspecified atom stereocenters. The van der Waals surface area contributed by atoms with Gasteiger partial charge in [0.2, 0.25) is 0 Å². The predicted octanol–water partition coefficient (Wildman–Crippen LogP) is 4.15. The van der Waals surface area contributed by atoms with E-state index in [-0.39, 0.29) is 25.1 Å². The summed E-state index contributed by atoms with van der Waals surface area (Å²) in [6.45, 7) is -0.0512. The number of aliphatic hydroxyl groups is 1. The number of alkyl halides is 3. The van der Waals surface area contributed by atoms with Gasteiger partial charge in [-0.2, -0.15) is 13.2 Å². The number of nitrogens with zero attached hydrogens (tertiary/aromatic N) is 1. The molecule has 1 saturated heterocycles. The minimum atomic E-state index is -4.54. The van der Waals surface area contributed by atoms with Crippen LogP contribution in [0, 0.1) is 0 Å². The average Bonchev–Trinajstić information content (AvgIpc) is 3.01. The first-order valence-electron chi connectivity index (χ1n) is 8.18. The maximum Gasteiger partial charge on any atom is 0.416 e. The molecule has 26 heavy (non-hydrogen) atoms. The molecule has 0 spiro atoms. The van der Waals surface area contributed by atoms with Crippen LogP contribution in [0.5, 0.6) is 0 Å². The lowest BCUT2D eigenvalue weighted by atomic mass is 9.98. The maximum absolute atomic E-state index is 13.3. The highest BCUT2D eigenvalue weighted by molar-refractivity contribution is 5.69. The molecule has 0 radical (unpaired) electrons. The lowest BCUT2D eigenvalue weighted by Crippen LogP contribution is -2.33. The van der Waals surface area contributed by atoms with Crippen molar-refractivity contribution in [3.63, 3.8) is 0 Å². The van der Waals surface area contributed by atoms with Gasteiger partial charge in [0.15, 0.2) is 0 Å². The summed E-state index contributed by atoms with van der Waals surface area (Å²) in [5.41, 5.74) is -0.0685. The quantitative estimate of drug-likeness (QED) is 0.889. The summed E-state index contributed by atoms with van der Waals surface area (Å²) in [6.07, 6.45) is -6.14. The first kappa shape index (κ1) is 18.3. The molecule has 1 heterocycles. The van der Waals surface area contributed by atoms with Gasteiger partial charge in [0.05, 0.1) is 24.3 Å². The number of hydrogen-bond acceptors (Lipinski definition) is 3. The van der Waals surface area contributed by atoms with Gasteiger partial charge in [-0.3, -0.25) is 4.90 Å². The van der Waals surface area contributed by atoms with E-state index in [1.54, 1.807) is 24.3 Å². The van der Waals surface area contributed by atoms with Gasteiger partial charge in [-0.1, -0.05) is 48.5 Å². The Hall–Kier alpha value is -2.54. The van der Waals surface area contributed by atoms with Crippen LogP contribution in [0.25, 0.3) is 0 Å². The molecule has 2 aromatic rings. The Morgan fingerprint density at radius 1 is 1.12 bits per heavy atom. The lowest BCUT2D eigenvalue weighted by Gasteiger charge is -2.26. The molecule has 2 atom stereocenters. The summed E-state index contributed by atoms with van der Waals surface area (Å²) in [7, 11) is 0. The van der Waals surface area contributed by atoms with Crippen molar-refractivity contribution in [3.05, 3.63) is 71.3 Å². The number of likely N-dealkylation sites (tertiary alicyclic amines) is 1. The SMILES string of the molecule is O=C(OCc1ccccc1)N1CC(O)CC1c1ccccc1C(F)(F)F. The molecule has 4 nitrogen and oxygen atoms in total. The average molecular weight is 365 g/mol. The number of β-amino-alcohol motifs (C(OH)–C–C–N with tert-alkyl or cyclic N) is 1. The van der Waals surface area contributed by atoms with Crippen molar-refractivity contribution in [2.45, 2.75) is 31.3 Å². The fourth-order valence-electron chi connectivity index (χ4n) is 3.16. The Bertz CT molecular complexity index is 764. The summed E-state index contributed by atoms with van der Waals surface area (Å²) in [5, 5.41) is 9.93. The Morgan fingerprint density at radius 2 is 1.77 bits per heavy atom. The largest absolute Gasteiger partial charge is 0.445 e. The number of amides is 1. The normalized spacial score (nSPS) is 20.2. The van der Waals surface area contributed by atoms with E-state index >= 15 is 0 Å². The summed E-state index contributed by atoms with van der Waals surface area (Å²) in [6, 6.07) is 13.2. The first-order chi connectivity index (χ1) is 12.4. The molecule has 0 aromatic heterocycles. The second kappa shape index (κ2) is 7.37. The van der Waals surface area contributed by atoms with Gasteiger partial charge in [-0.05, 0) is 23.6 Å². The summed E-state index contributed by atoms with van der Waals surface area (Å²) < 4.78 is 45.1. The number of carbonyl (C=O) groups excluding carboxylic acids is 1. The summed E-state index contributed by atoms with van der Waals surface area (Å²) >= 11 is 0. The maximum atomic E-state index is 13.3. The monoisotopic (exact) mass is 365 g/mol. The van der Waals surface area contributed by atoms with Crippen LogP contribution in [-0.4, -0.2) is 28.7 Å². The standard InChI is InChI=1S/C19H18F3NO3/c20-19(21,22)16-9-5-4-8-15(16)17-10-14(24)11-23(17)18(25)26-12-13-6-2-1-3-7-13/h1-9,14,17,24H,10-12H2. The number of ether oxygens (including phenoxy) is 1. The number of hydrogen-bond donors (Lipinski definition) is 1. The minimum absolute atomic E-state index is 0.0138. The zero-order valence-corrected chi connectivity index (χ0v) is 13.8. The molecule has 3 rings (SSSR count). The van der Waals surface area contributed by atoms with Crippen molar-refractivity contribution >= 4 is 6.09 Å². The van der Waals surface area contributed by atoms with Gasteiger partial charge in [0, 0.05) is 0 Å². The predicted molar refractivity (Wildman–Crippen MR) is 88.1 cm³/mol. The van der Waals surface area contributed by atoms with Crippen molar-refractivity contribution in [2.24, 2.45) is 0 Å². The summed E-state index contributed by atoms with van der Waals surface area (Å²) in [4.78, 5) is 13.6. The van der Waals surface area contributed by atoms with Crippen molar-refractivity contribution in [1.29, 1.82) is 0 Å². The van der Waals surface area contributed by atoms with Crippen LogP contribution in [0.2, 0.25) is 0 Å². The molecular formula is C19H18F3NO3. The first-order valence-corrected chi connectivity index (χ1v) is 8.18. The number of benzene rings is 2. The van der Waals surface area contributed by atoms with E-state index in [1.165, 1.54) is 18.2 Å². The number of halogens is 3.